The second-order valence-corrected chi connectivity index (χ2v) is 13.5. The van der Waals surface area contributed by atoms with Gasteiger partial charge in [0.15, 0.2) is 5.78 Å². The van der Waals surface area contributed by atoms with E-state index in [4.69, 9.17) is 9.73 Å². The largest absolute Gasteiger partial charge is 0.462 e. The van der Waals surface area contributed by atoms with Crippen molar-refractivity contribution >= 4 is 33.2 Å². The van der Waals surface area contributed by atoms with Crippen LogP contribution in [-0.4, -0.2) is 38.2 Å². The Bertz CT molecular complexity index is 1510. The summed E-state index contributed by atoms with van der Waals surface area (Å²) in [7, 11) is -3.51. The molecular formula is C32H38N2O5S. The lowest BCUT2D eigenvalue weighted by Crippen LogP contribution is -2.39. The third-order valence-corrected chi connectivity index (χ3v) is 9.03. The van der Waals surface area contributed by atoms with Gasteiger partial charge in [-0.2, -0.15) is 0 Å². The van der Waals surface area contributed by atoms with Crippen LogP contribution in [0, 0.1) is 26.7 Å². The number of hydrogen-bond donors (Lipinski definition) is 1. The van der Waals surface area contributed by atoms with Crippen LogP contribution in [0.1, 0.15) is 85.1 Å². The lowest BCUT2D eigenvalue weighted by Gasteiger charge is -2.37. The highest BCUT2D eigenvalue weighted by atomic mass is 32.2. The molecule has 2 aromatic rings. The van der Waals surface area contributed by atoms with Crippen LogP contribution in [0.4, 0.5) is 5.69 Å². The number of benzene rings is 2. The summed E-state index contributed by atoms with van der Waals surface area (Å²) in [6, 6.07) is 11.3. The molecule has 3 unspecified atom stereocenters. The van der Waals surface area contributed by atoms with Crippen molar-refractivity contribution in [2.75, 3.05) is 11.0 Å². The standard InChI is InChI=1S/C32H38N2O5S/c1-18-13-19(2)28(20(3)14-18)23-16-26-31(27(35)17-23)30(22-9-8-10-24(15-22)34-40(5,37)38)29(21(4)33-26)32(36)39-25-11-6-7-12-25/h8-10,13-15,23,25,29-30,34H,6-7,11-12,16-17H2,1-5H3. The summed E-state index contributed by atoms with van der Waals surface area (Å²) in [5.74, 6) is -1.74. The van der Waals surface area contributed by atoms with Crippen molar-refractivity contribution in [2.45, 2.75) is 84.2 Å². The van der Waals surface area contributed by atoms with E-state index in [0.717, 1.165) is 37.6 Å². The Morgan fingerprint density at radius 2 is 1.68 bits per heavy atom. The smallest absolute Gasteiger partial charge is 0.315 e. The highest BCUT2D eigenvalue weighted by Gasteiger charge is 2.45. The van der Waals surface area contributed by atoms with Gasteiger partial charge >= 0.3 is 5.97 Å². The number of esters is 1. The van der Waals surface area contributed by atoms with E-state index in [2.05, 4.69) is 37.6 Å². The van der Waals surface area contributed by atoms with Crippen molar-refractivity contribution in [2.24, 2.45) is 10.9 Å². The summed E-state index contributed by atoms with van der Waals surface area (Å²) < 4.78 is 32.4. The first kappa shape index (κ1) is 28.3. The fourth-order valence-electron chi connectivity index (χ4n) is 7.02. The van der Waals surface area contributed by atoms with E-state index in [1.54, 1.807) is 18.2 Å². The Morgan fingerprint density at radius 3 is 2.33 bits per heavy atom. The highest BCUT2D eigenvalue weighted by Crippen LogP contribution is 2.48. The molecule has 1 N–H and O–H groups in total. The highest BCUT2D eigenvalue weighted by molar-refractivity contribution is 7.92. The number of hydrogen-bond acceptors (Lipinski definition) is 6. The van der Waals surface area contributed by atoms with Gasteiger partial charge in [0.05, 0.1) is 6.26 Å². The molecule has 2 aromatic carbocycles. The third-order valence-electron chi connectivity index (χ3n) is 8.42. The SMILES string of the molecule is CC1=NC2=C(C(=O)CC(c3c(C)cc(C)cc3C)C2)C(c2cccc(NS(C)(=O)=O)c2)C1C(=O)OC1CCCC1. The molecule has 7 nitrogen and oxygen atoms in total. The van der Waals surface area contributed by atoms with Crippen molar-refractivity contribution in [3.05, 3.63) is 75.5 Å². The van der Waals surface area contributed by atoms with Gasteiger partial charge in [0.2, 0.25) is 10.0 Å². The number of aliphatic imine (C=N–C) groups is 1. The number of carbonyl (C=O) groups is 2. The number of ketones is 1. The van der Waals surface area contributed by atoms with E-state index in [-0.39, 0.29) is 23.8 Å². The molecule has 8 heteroatoms. The minimum Gasteiger partial charge on any atom is -0.462 e. The summed E-state index contributed by atoms with van der Waals surface area (Å²) in [6.07, 6.45) is 5.67. The number of allylic oxidation sites excluding steroid dienone is 2. The van der Waals surface area contributed by atoms with E-state index in [1.807, 2.05) is 13.0 Å². The first-order valence-electron chi connectivity index (χ1n) is 14.1. The van der Waals surface area contributed by atoms with Crippen molar-refractivity contribution < 1.29 is 22.7 Å². The average Bonchev–Trinajstić information content (AvgIpc) is 3.34. The maximum Gasteiger partial charge on any atom is 0.315 e. The zero-order chi connectivity index (χ0) is 28.8. The predicted octanol–water partition coefficient (Wildman–Crippen LogP) is 6.04. The van der Waals surface area contributed by atoms with Crippen LogP contribution in [0.15, 0.2) is 52.7 Å². The molecule has 2 aliphatic carbocycles. The maximum absolute atomic E-state index is 14.0. The summed E-state index contributed by atoms with van der Waals surface area (Å²) in [6.45, 7) is 8.11. The fraction of sp³-hybridized carbons (Fsp3) is 0.469. The van der Waals surface area contributed by atoms with E-state index in [0.29, 0.717) is 35.4 Å². The lowest BCUT2D eigenvalue weighted by molar-refractivity contribution is -0.151. The summed E-state index contributed by atoms with van der Waals surface area (Å²) in [5, 5.41) is 0. The number of Topliss-reactive ketones (excluding diaryl/α,β-unsaturated/α-hetero) is 1. The minimum absolute atomic E-state index is 0.00396. The number of nitrogens with one attached hydrogen (secondary N) is 1. The molecule has 0 amide bonds. The van der Waals surface area contributed by atoms with Gasteiger partial charge in [-0.25, -0.2) is 8.42 Å². The van der Waals surface area contributed by atoms with Gasteiger partial charge in [-0.1, -0.05) is 29.8 Å². The predicted molar refractivity (Wildman–Crippen MR) is 157 cm³/mol. The second-order valence-electron chi connectivity index (χ2n) is 11.8. The number of sulfonamides is 1. The van der Waals surface area contributed by atoms with Gasteiger partial charge in [-0.15, -0.1) is 0 Å². The molecule has 1 aliphatic heterocycles. The molecule has 1 heterocycles. The molecule has 3 aliphatic rings. The molecule has 3 atom stereocenters. The Morgan fingerprint density at radius 1 is 1.00 bits per heavy atom. The van der Waals surface area contributed by atoms with Gasteiger partial charge in [0, 0.05) is 35.0 Å². The number of rotatable bonds is 6. The molecule has 5 rings (SSSR count). The van der Waals surface area contributed by atoms with Crippen LogP contribution < -0.4 is 4.72 Å². The number of aryl methyl sites for hydroxylation is 3. The van der Waals surface area contributed by atoms with Crippen molar-refractivity contribution in [3.63, 3.8) is 0 Å². The van der Waals surface area contributed by atoms with E-state index < -0.39 is 21.9 Å². The quantitative estimate of drug-likeness (QED) is 0.432. The van der Waals surface area contributed by atoms with Crippen LogP contribution in [-0.2, 0) is 24.3 Å². The maximum atomic E-state index is 14.0. The first-order chi connectivity index (χ1) is 18.9. The van der Waals surface area contributed by atoms with E-state index in [9.17, 15) is 18.0 Å². The van der Waals surface area contributed by atoms with Crippen molar-refractivity contribution in [1.82, 2.24) is 0 Å². The number of ether oxygens (including phenoxy) is 1. The lowest BCUT2D eigenvalue weighted by atomic mass is 9.68. The van der Waals surface area contributed by atoms with E-state index >= 15 is 0 Å². The summed E-state index contributed by atoms with van der Waals surface area (Å²) in [4.78, 5) is 32.6. The second kappa shape index (κ2) is 11.0. The summed E-state index contributed by atoms with van der Waals surface area (Å²) in [5.41, 5.74) is 7.70. The van der Waals surface area contributed by atoms with Crippen LogP contribution in [0.2, 0.25) is 0 Å². The normalized spacial score (nSPS) is 23.6. The molecule has 1 fully saturated rings. The molecule has 1 saturated carbocycles. The molecule has 212 valence electrons. The molecule has 0 spiro atoms. The summed E-state index contributed by atoms with van der Waals surface area (Å²) >= 11 is 0. The van der Waals surface area contributed by atoms with Gasteiger partial charge in [-0.05, 0) is 100 Å². The number of carbonyl (C=O) groups excluding carboxylic acids is 2. The van der Waals surface area contributed by atoms with Gasteiger partial charge in [0.1, 0.15) is 12.0 Å². The monoisotopic (exact) mass is 562 g/mol. The van der Waals surface area contributed by atoms with Gasteiger partial charge < -0.3 is 4.74 Å². The Labute approximate surface area is 237 Å². The fourth-order valence-corrected chi connectivity index (χ4v) is 7.57. The number of nitrogens with zero attached hydrogens (tertiary/aromatic N) is 1. The Kier molecular flexibility index (Phi) is 7.75. The molecule has 0 bridgehead atoms. The molecular weight excluding hydrogens is 524 g/mol. The minimum atomic E-state index is -3.51. The van der Waals surface area contributed by atoms with Crippen LogP contribution in [0.3, 0.4) is 0 Å². The van der Waals surface area contributed by atoms with Gasteiger partial charge in [-0.3, -0.25) is 19.3 Å². The first-order valence-corrected chi connectivity index (χ1v) is 16.0. The molecule has 0 saturated heterocycles. The van der Waals surface area contributed by atoms with Crippen molar-refractivity contribution in [3.8, 4) is 0 Å². The Balaban J connectivity index is 1.59. The molecule has 40 heavy (non-hydrogen) atoms. The van der Waals surface area contributed by atoms with Crippen LogP contribution >= 0.6 is 0 Å². The van der Waals surface area contributed by atoms with E-state index in [1.165, 1.54) is 22.3 Å². The average molecular weight is 563 g/mol. The van der Waals surface area contributed by atoms with Gasteiger partial charge in [0.25, 0.3) is 0 Å². The molecule has 0 radical (unpaired) electrons. The zero-order valence-electron chi connectivity index (χ0n) is 23.9. The third kappa shape index (κ3) is 5.78. The molecule has 0 aromatic heterocycles. The van der Waals surface area contributed by atoms with Crippen molar-refractivity contribution in [1.29, 1.82) is 0 Å². The number of anilines is 1. The zero-order valence-corrected chi connectivity index (χ0v) is 24.7. The Hall–Kier alpha value is -3.26. The van der Waals surface area contributed by atoms with Crippen LogP contribution in [0.25, 0.3) is 0 Å². The van der Waals surface area contributed by atoms with Crippen LogP contribution in [0.5, 0.6) is 0 Å². The topological polar surface area (TPSA) is 102 Å².